The van der Waals surface area contributed by atoms with Gasteiger partial charge in [-0.15, -0.1) is 0 Å². The molecule has 4 rings (SSSR count). The molecule has 3 heterocycles. The van der Waals surface area contributed by atoms with Crippen LogP contribution >= 0.6 is 0 Å². The van der Waals surface area contributed by atoms with Gasteiger partial charge in [-0.2, -0.15) is 0 Å². The number of nitrogens with zero attached hydrogens (tertiary/aromatic N) is 1. The Morgan fingerprint density at radius 1 is 1.42 bits per heavy atom. The van der Waals surface area contributed by atoms with Crippen molar-refractivity contribution < 1.29 is 19.4 Å². The molecule has 3 aliphatic heterocycles. The molecule has 0 aromatic rings. The maximum absolute atomic E-state index is 12.6. The van der Waals surface area contributed by atoms with Gasteiger partial charge < -0.3 is 14.7 Å². The van der Waals surface area contributed by atoms with Crippen LogP contribution < -0.4 is 0 Å². The molecule has 1 saturated carbocycles. The highest BCUT2D eigenvalue weighted by atomic mass is 16.5. The lowest BCUT2D eigenvalue weighted by molar-refractivity contribution is -0.148. The third kappa shape index (κ3) is 1.34. The van der Waals surface area contributed by atoms with Crippen LogP contribution in [0.4, 0.5) is 0 Å². The molecular formula is C14H17NO4. The summed E-state index contributed by atoms with van der Waals surface area (Å²) in [5.74, 6) is -2.14. The molecule has 1 amide bonds. The van der Waals surface area contributed by atoms with Crippen molar-refractivity contribution in [2.45, 2.75) is 43.4 Å². The van der Waals surface area contributed by atoms with Crippen molar-refractivity contribution in [2.75, 3.05) is 6.54 Å². The average molecular weight is 263 g/mol. The zero-order valence-electron chi connectivity index (χ0n) is 10.6. The molecule has 3 fully saturated rings. The molecule has 0 aromatic carbocycles. The molecule has 2 bridgehead atoms. The quantitative estimate of drug-likeness (QED) is 0.748. The summed E-state index contributed by atoms with van der Waals surface area (Å²) in [7, 11) is 0. The zero-order chi connectivity index (χ0) is 13.2. The number of fused-ring (bicyclic) bond motifs is 1. The van der Waals surface area contributed by atoms with Gasteiger partial charge in [0.25, 0.3) is 0 Å². The Morgan fingerprint density at radius 3 is 2.84 bits per heavy atom. The maximum atomic E-state index is 12.6. The van der Waals surface area contributed by atoms with Gasteiger partial charge in [0.05, 0.1) is 18.6 Å². The van der Waals surface area contributed by atoms with Gasteiger partial charge in [-0.25, -0.2) is 0 Å². The molecule has 0 aromatic heterocycles. The second-order valence-corrected chi connectivity index (χ2v) is 6.14. The normalized spacial score (nSPS) is 44.3. The summed E-state index contributed by atoms with van der Waals surface area (Å²) in [6.07, 6.45) is 7.73. The molecule has 0 unspecified atom stereocenters. The summed E-state index contributed by atoms with van der Waals surface area (Å²) < 4.78 is 5.86. The largest absolute Gasteiger partial charge is 0.481 e. The number of carbonyl (C=O) groups is 2. The van der Waals surface area contributed by atoms with Crippen molar-refractivity contribution >= 4 is 11.9 Å². The van der Waals surface area contributed by atoms with E-state index in [4.69, 9.17) is 4.74 Å². The van der Waals surface area contributed by atoms with E-state index in [9.17, 15) is 14.7 Å². The van der Waals surface area contributed by atoms with Gasteiger partial charge in [-0.05, 0) is 12.8 Å². The highest BCUT2D eigenvalue weighted by Crippen LogP contribution is 2.52. The van der Waals surface area contributed by atoms with Crippen LogP contribution in [0.15, 0.2) is 12.2 Å². The van der Waals surface area contributed by atoms with Crippen molar-refractivity contribution in [3.8, 4) is 0 Å². The summed E-state index contributed by atoms with van der Waals surface area (Å²) in [4.78, 5) is 25.9. The van der Waals surface area contributed by atoms with Crippen LogP contribution in [0.25, 0.3) is 0 Å². The van der Waals surface area contributed by atoms with E-state index in [-0.39, 0.29) is 11.9 Å². The van der Waals surface area contributed by atoms with Gasteiger partial charge in [-0.1, -0.05) is 25.0 Å². The van der Waals surface area contributed by atoms with Gasteiger partial charge in [-0.3, -0.25) is 9.59 Å². The molecule has 1 N–H and O–H groups in total. The van der Waals surface area contributed by atoms with E-state index in [0.717, 1.165) is 25.7 Å². The van der Waals surface area contributed by atoms with Crippen LogP contribution in [0.1, 0.15) is 25.7 Å². The number of amides is 1. The SMILES string of the molecule is O=C(O)[C@H]1[C@@H]2C=C[C@]3(CN(C4CCCC4)C(=O)[C@@H]13)O2. The first-order chi connectivity index (χ1) is 9.12. The fraction of sp³-hybridized carbons (Fsp3) is 0.714. The van der Waals surface area contributed by atoms with E-state index in [0.29, 0.717) is 6.54 Å². The Hall–Kier alpha value is -1.36. The maximum Gasteiger partial charge on any atom is 0.310 e. The van der Waals surface area contributed by atoms with E-state index in [2.05, 4.69) is 0 Å². The number of carboxylic acids is 1. The summed E-state index contributed by atoms with van der Waals surface area (Å²) in [5.41, 5.74) is -0.659. The third-order valence-corrected chi connectivity index (χ3v) is 5.18. The molecule has 102 valence electrons. The van der Waals surface area contributed by atoms with Crippen LogP contribution in [0.3, 0.4) is 0 Å². The summed E-state index contributed by atoms with van der Waals surface area (Å²) in [6, 6.07) is 0.290. The lowest BCUT2D eigenvalue weighted by Gasteiger charge is -2.26. The number of likely N-dealkylation sites (tertiary alicyclic amines) is 1. The molecule has 1 aliphatic carbocycles. The molecular weight excluding hydrogens is 246 g/mol. The van der Waals surface area contributed by atoms with Crippen molar-refractivity contribution in [3.63, 3.8) is 0 Å². The summed E-state index contributed by atoms with van der Waals surface area (Å²) >= 11 is 0. The second-order valence-electron chi connectivity index (χ2n) is 6.14. The van der Waals surface area contributed by atoms with Crippen molar-refractivity contribution in [1.29, 1.82) is 0 Å². The standard InChI is InChI=1S/C14H17NO4/c16-12-11-10(13(17)18)9-5-6-14(11,19-9)7-15(12)8-3-1-2-4-8/h5-6,8-11H,1-4,7H2,(H,17,18)/t9-,10-,11+,14+/m0/s1. The first kappa shape index (κ1) is 11.5. The molecule has 19 heavy (non-hydrogen) atoms. The van der Waals surface area contributed by atoms with Crippen LogP contribution in [0, 0.1) is 11.8 Å². The molecule has 4 atom stereocenters. The first-order valence-electron chi connectivity index (χ1n) is 7.03. The first-order valence-corrected chi connectivity index (χ1v) is 7.03. The zero-order valence-corrected chi connectivity index (χ0v) is 10.6. The van der Waals surface area contributed by atoms with E-state index in [1.807, 2.05) is 17.1 Å². The Bertz CT molecular complexity index is 482. The van der Waals surface area contributed by atoms with Gasteiger partial charge in [0, 0.05) is 6.04 Å². The third-order valence-electron chi connectivity index (χ3n) is 5.18. The lowest BCUT2D eigenvalue weighted by Crippen LogP contribution is -2.40. The van der Waals surface area contributed by atoms with Crippen molar-refractivity contribution in [1.82, 2.24) is 4.90 Å². The lowest BCUT2D eigenvalue weighted by atomic mass is 9.77. The minimum atomic E-state index is -0.914. The predicted molar refractivity (Wildman–Crippen MR) is 65.3 cm³/mol. The van der Waals surface area contributed by atoms with Gasteiger partial charge in [0.1, 0.15) is 11.5 Å². The van der Waals surface area contributed by atoms with E-state index in [1.165, 1.54) is 0 Å². The molecule has 5 heteroatoms. The number of rotatable bonds is 2. The van der Waals surface area contributed by atoms with E-state index >= 15 is 0 Å². The van der Waals surface area contributed by atoms with E-state index < -0.39 is 29.5 Å². The highest BCUT2D eigenvalue weighted by Gasteiger charge is 2.67. The monoisotopic (exact) mass is 263 g/mol. The number of carboxylic acid groups (broad SMARTS) is 1. The Kier molecular flexibility index (Phi) is 2.17. The predicted octanol–water partition coefficient (Wildman–Crippen LogP) is 0.796. The fourth-order valence-electron chi connectivity index (χ4n) is 4.34. The summed E-state index contributed by atoms with van der Waals surface area (Å²) in [5, 5.41) is 9.36. The Morgan fingerprint density at radius 2 is 2.16 bits per heavy atom. The Balaban J connectivity index is 1.69. The molecule has 5 nitrogen and oxygen atoms in total. The molecule has 0 radical (unpaired) electrons. The van der Waals surface area contributed by atoms with Gasteiger partial charge in [0.2, 0.25) is 5.91 Å². The number of carbonyl (C=O) groups excluding carboxylic acids is 1. The van der Waals surface area contributed by atoms with Crippen LogP contribution in [0.5, 0.6) is 0 Å². The van der Waals surface area contributed by atoms with Crippen molar-refractivity contribution in [2.24, 2.45) is 11.8 Å². The summed E-state index contributed by atoms with van der Waals surface area (Å²) in [6.45, 7) is 0.540. The number of hydrogen-bond acceptors (Lipinski definition) is 3. The van der Waals surface area contributed by atoms with Gasteiger partial charge in [0.15, 0.2) is 0 Å². The highest BCUT2D eigenvalue weighted by molar-refractivity contribution is 5.91. The number of aliphatic carboxylic acids is 1. The fourth-order valence-corrected chi connectivity index (χ4v) is 4.34. The topological polar surface area (TPSA) is 66.8 Å². The minimum Gasteiger partial charge on any atom is -0.481 e. The van der Waals surface area contributed by atoms with Crippen LogP contribution in [-0.4, -0.2) is 46.2 Å². The Labute approximate surface area is 111 Å². The average Bonchev–Trinajstić information content (AvgIpc) is 3.09. The molecule has 2 saturated heterocycles. The number of ether oxygens (including phenoxy) is 1. The molecule has 4 aliphatic rings. The van der Waals surface area contributed by atoms with Gasteiger partial charge >= 0.3 is 5.97 Å². The minimum absolute atomic E-state index is 0.00819. The van der Waals surface area contributed by atoms with E-state index in [1.54, 1.807) is 0 Å². The van der Waals surface area contributed by atoms with Crippen LogP contribution in [-0.2, 0) is 14.3 Å². The van der Waals surface area contributed by atoms with Crippen molar-refractivity contribution in [3.05, 3.63) is 12.2 Å². The smallest absolute Gasteiger partial charge is 0.310 e. The molecule has 1 spiro atoms. The second kappa shape index (κ2) is 3.60. The van der Waals surface area contributed by atoms with Crippen LogP contribution in [0.2, 0.25) is 0 Å². The number of hydrogen-bond donors (Lipinski definition) is 1.